The van der Waals surface area contributed by atoms with E-state index in [1.54, 1.807) is 37.3 Å². The number of carbonyl (C=O) groups is 1. The predicted octanol–water partition coefficient (Wildman–Crippen LogP) is 5.51. The van der Waals surface area contributed by atoms with Crippen LogP contribution in [0.3, 0.4) is 0 Å². The lowest BCUT2D eigenvalue weighted by atomic mass is 9.85. The van der Waals surface area contributed by atoms with E-state index in [0.717, 1.165) is 58.0 Å². The predicted molar refractivity (Wildman–Crippen MR) is 160 cm³/mol. The van der Waals surface area contributed by atoms with E-state index in [4.69, 9.17) is 0 Å². The van der Waals surface area contributed by atoms with Gasteiger partial charge in [0.15, 0.2) is 0 Å². The second kappa shape index (κ2) is 11.8. The van der Waals surface area contributed by atoms with Crippen molar-refractivity contribution in [3.8, 4) is 28.8 Å². The molecule has 1 aliphatic carbocycles. The Morgan fingerprint density at radius 1 is 1.05 bits per heavy atom. The number of amides is 1. The molecule has 9 nitrogen and oxygen atoms in total. The van der Waals surface area contributed by atoms with Gasteiger partial charge < -0.3 is 9.80 Å². The third-order valence-electron chi connectivity index (χ3n) is 8.03. The molecule has 0 radical (unpaired) electrons. The van der Waals surface area contributed by atoms with E-state index < -0.39 is 23.5 Å². The fraction of sp³-hybridized carbons (Fsp3) is 0.375. The van der Waals surface area contributed by atoms with Crippen LogP contribution in [0.25, 0.3) is 22.8 Å². The third kappa shape index (κ3) is 6.33. The van der Waals surface area contributed by atoms with Crippen LogP contribution in [-0.2, 0) is 6.18 Å². The first-order valence-corrected chi connectivity index (χ1v) is 14.4. The average Bonchev–Trinajstić information content (AvgIpc) is 3.54. The molecular weight excluding hydrogens is 571 g/mol. The van der Waals surface area contributed by atoms with Gasteiger partial charge in [0.25, 0.3) is 0 Å². The van der Waals surface area contributed by atoms with Crippen LogP contribution in [0.15, 0.2) is 65.6 Å². The maximum absolute atomic E-state index is 14.0. The molecule has 12 heteroatoms. The smallest absolute Gasteiger partial charge is 0.335 e. The lowest BCUT2D eigenvalue weighted by Crippen LogP contribution is -2.45. The minimum Gasteiger partial charge on any atom is -0.335 e. The second-order valence-corrected chi connectivity index (χ2v) is 12.4. The zero-order chi connectivity index (χ0) is 31.8. The Balaban J connectivity index is 1.58. The number of nitrogens with zero attached hydrogens (tertiary/aromatic N) is 6. The minimum absolute atomic E-state index is 0.0135. The molecular formula is C32H35F3N7O2+. The van der Waals surface area contributed by atoms with E-state index in [1.807, 2.05) is 0 Å². The molecule has 230 valence electrons. The highest BCUT2D eigenvalue weighted by atomic mass is 19.4. The lowest BCUT2D eigenvalue weighted by molar-refractivity contribution is -0.874. The number of alkyl halides is 3. The van der Waals surface area contributed by atoms with E-state index in [2.05, 4.69) is 37.6 Å². The number of hydrogen-bond acceptors (Lipinski definition) is 4. The maximum Gasteiger partial charge on any atom is 0.416 e. The van der Waals surface area contributed by atoms with Crippen molar-refractivity contribution < 1.29 is 22.4 Å². The first kappa shape index (κ1) is 30.8. The summed E-state index contributed by atoms with van der Waals surface area (Å²) in [6.45, 7) is 2.62. The summed E-state index contributed by atoms with van der Waals surface area (Å²) in [6, 6.07) is 14.0. The van der Waals surface area contributed by atoms with E-state index >= 15 is 0 Å². The summed E-state index contributed by atoms with van der Waals surface area (Å²) in [5, 5.41) is 16.6. The summed E-state index contributed by atoms with van der Waals surface area (Å²) in [4.78, 5) is 27.9. The Hall–Kier alpha value is -4.63. The van der Waals surface area contributed by atoms with E-state index in [-0.39, 0.29) is 23.1 Å². The summed E-state index contributed by atoms with van der Waals surface area (Å²) in [6.07, 6.45) is 0.301. The maximum atomic E-state index is 14.0. The number of halogens is 3. The number of aromatic nitrogens is 4. The topological polar surface area (TPSA) is 97.6 Å². The van der Waals surface area contributed by atoms with Gasteiger partial charge in [-0.05, 0) is 81.1 Å². The van der Waals surface area contributed by atoms with Crippen molar-refractivity contribution in [2.75, 3.05) is 27.7 Å². The Kier molecular flexibility index (Phi) is 8.27. The molecule has 4 aromatic rings. The van der Waals surface area contributed by atoms with Crippen molar-refractivity contribution in [1.82, 2.24) is 24.2 Å². The van der Waals surface area contributed by atoms with Gasteiger partial charge in [-0.2, -0.15) is 23.5 Å². The molecule has 1 aliphatic rings. The molecule has 2 heterocycles. The van der Waals surface area contributed by atoms with Crippen molar-refractivity contribution in [3.05, 3.63) is 88.1 Å². The quantitative estimate of drug-likeness (QED) is 0.293. The van der Waals surface area contributed by atoms with Gasteiger partial charge >= 0.3 is 17.9 Å². The SMILES string of the molecule is Cc1c(-c2ccnn2-c2ccc(C#N)cc2)n(C(=O)N[C@H]2CC[C@@H](C[N+](C)(C)C)CC2)c(=O)n1-c1cccc(C(F)(F)F)c1. The van der Waals surface area contributed by atoms with Gasteiger partial charge in [0.05, 0.1) is 73.8 Å². The zero-order valence-electron chi connectivity index (χ0n) is 25.1. The zero-order valence-corrected chi connectivity index (χ0v) is 25.1. The minimum atomic E-state index is -4.62. The summed E-state index contributed by atoms with van der Waals surface area (Å²) in [5.41, 5.74) is 0.162. The van der Waals surface area contributed by atoms with Gasteiger partial charge in [-0.1, -0.05) is 6.07 Å². The third-order valence-corrected chi connectivity index (χ3v) is 8.03. The van der Waals surface area contributed by atoms with Gasteiger partial charge in [-0.25, -0.2) is 18.8 Å². The molecule has 44 heavy (non-hydrogen) atoms. The Bertz CT molecular complexity index is 1760. The summed E-state index contributed by atoms with van der Waals surface area (Å²) in [7, 11) is 6.46. The van der Waals surface area contributed by atoms with Crippen LogP contribution in [0.1, 0.15) is 42.5 Å². The lowest BCUT2D eigenvalue weighted by Gasteiger charge is -2.34. The standard InChI is InChI=1S/C32H34F3N7O2/c1-21-29(28-16-17-37-41(28)26-14-10-22(19-36)11-15-26)40(30(43)38-25-12-8-23(9-13-25)20-42(2,3)4)31(44)39(21)27-7-5-6-24(18-27)32(33,34)35/h5-7,10-11,14-18,23,25H,8-9,12-13,20H2,1-4H3/p+1/t23-,25+. The van der Waals surface area contributed by atoms with Gasteiger partial charge in [0.2, 0.25) is 0 Å². The highest BCUT2D eigenvalue weighted by Gasteiger charge is 2.33. The molecule has 0 aliphatic heterocycles. The number of quaternary nitrogens is 1. The molecule has 1 N–H and O–H groups in total. The van der Waals surface area contributed by atoms with Crippen molar-refractivity contribution in [1.29, 1.82) is 5.26 Å². The number of benzene rings is 2. The number of nitrogens with one attached hydrogen (secondary N) is 1. The van der Waals surface area contributed by atoms with Crippen LogP contribution < -0.4 is 11.0 Å². The van der Waals surface area contributed by atoms with Crippen LogP contribution in [-0.4, -0.2) is 63.2 Å². The van der Waals surface area contributed by atoms with E-state index in [0.29, 0.717) is 22.9 Å². The van der Waals surface area contributed by atoms with E-state index in [1.165, 1.54) is 23.0 Å². The number of carbonyl (C=O) groups excluding carboxylic acids is 1. The summed E-state index contributed by atoms with van der Waals surface area (Å²) < 4.78 is 45.3. The van der Waals surface area contributed by atoms with Crippen LogP contribution in [0.5, 0.6) is 0 Å². The van der Waals surface area contributed by atoms with Gasteiger partial charge in [-0.15, -0.1) is 0 Å². The molecule has 1 fully saturated rings. The monoisotopic (exact) mass is 606 g/mol. The number of hydrogen-bond donors (Lipinski definition) is 1. The molecule has 0 atom stereocenters. The largest absolute Gasteiger partial charge is 0.416 e. The first-order chi connectivity index (χ1) is 20.8. The Morgan fingerprint density at radius 3 is 2.34 bits per heavy atom. The molecule has 1 amide bonds. The molecule has 0 saturated heterocycles. The number of rotatable bonds is 6. The van der Waals surface area contributed by atoms with Crippen molar-refractivity contribution in [2.45, 2.75) is 44.8 Å². The molecule has 2 aromatic heterocycles. The molecule has 0 spiro atoms. The normalized spacial score (nSPS) is 17.3. The molecule has 2 aromatic carbocycles. The Morgan fingerprint density at radius 2 is 1.73 bits per heavy atom. The molecule has 0 unspecified atom stereocenters. The highest BCUT2D eigenvalue weighted by Crippen LogP contribution is 2.32. The summed E-state index contributed by atoms with van der Waals surface area (Å²) in [5.74, 6) is 0.535. The van der Waals surface area contributed by atoms with Gasteiger partial charge in [-0.3, -0.25) is 4.57 Å². The fourth-order valence-corrected chi connectivity index (χ4v) is 6.09. The summed E-state index contributed by atoms with van der Waals surface area (Å²) >= 11 is 0. The van der Waals surface area contributed by atoms with Crippen molar-refractivity contribution >= 4 is 6.03 Å². The first-order valence-electron chi connectivity index (χ1n) is 14.4. The average molecular weight is 607 g/mol. The molecule has 0 bridgehead atoms. The fourth-order valence-electron chi connectivity index (χ4n) is 6.09. The van der Waals surface area contributed by atoms with E-state index in [9.17, 15) is 28.0 Å². The number of nitriles is 1. The van der Waals surface area contributed by atoms with Crippen LogP contribution in [0, 0.1) is 24.2 Å². The van der Waals surface area contributed by atoms with Crippen molar-refractivity contribution in [2.24, 2.45) is 5.92 Å². The Labute approximate surface area is 253 Å². The molecule has 5 rings (SSSR count). The second-order valence-electron chi connectivity index (χ2n) is 12.4. The van der Waals surface area contributed by atoms with Crippen LogP contribution in [0.4, 0.5) is 18.0 Å². The van der Waals surface area contributed by atoms with Crippen LogP contribution >= 0.6 is 0 Å². The number of imidazole rings is 1. The van der Waals surface area contributed by atoms with Gasteiger partial charge in [0, 0.05) is 12.0 Å². The highest BCUT2D eigenvalue weighted by molar-refractivity contribution is 5.83. The van der Waals surface area contributed by atoms with Crippen molar-refractivity contribution in [3.63, 3.8) is 0 Å². The molecule has 1 saturated carbocycles. The van der Waals surface area contributed by atoms with Gasteiger partial charge in [0.1, 0.15) is 5.69 Å². The van der Waals surface area contributed by atoms with Crippen LogP contribution in [0.2, 0.25) is 0 Å².